The Morgan fingerprint density at radius 1 is 0.909 bits per heavy atom. The zero-order valence-corrected chi connectivity index (χ0v) is 14.2. The van der Waals surface area contributed by atoms with Crippen molar-refractivity contribution < 1.29 is 0 Å². The Kier molecular flexibility index (Phi) is 3.98. The molecule has 3 rings (SSSR count). The average molecular weight is 331 g/mol. The number of rotatable bonds is 2. The van der Waals surface area contributed by atoms with E-state index in [4.69, 9.17) is 28.3 Å². The summed E-state index contributed by atoms with van der Waals surface area (Å²) in [5.74, 6) is 0. The third-order valence-electron chi connectivity index (χ3n) is 3.75. The van der Waals surface area contributed by atoms with Crippen LogP contribution in [-0.2, 0) is 0 Å². The Hall–Kier alpha value is -1.77. The van der Waals surface area contributed by atoms with Crippen LogP contribution in [-0.4, -0.2) is 9.78 Å². The molecule has 0 bridgehead atoms. The summed E-state index contributed by atoms with van der Waals surface area (Å²) >= 11 is 12.2. The van der Waals surface area contributed by atoms with Crippen molar-refractivity contribution in [1.29, 1.82) is 0 Å². The topological polar surface area (TPSA) is 17.8 Å². The Labute approximate surface area is 140 Å². The first kappa shape index (κ1) is 15.1. The number of hydrogen-bond donors (Lipinski definition) is 0. The molecular formula is C18H16Cl2N2. The van der Waals surface area contributed by atoms with Crippen LogP contribution in [0.15, 0.2) is 42.5 Å². The fourth-order valence-corrected chi connectivity index (χ4v) is 3.02. The van der Waals surface area contributed by atoms with Gasteiger partial charge in [-0.15, -0.1) is 0 Å². The number of aromatic nitrogens is 2. The summed E-state index contributed by atoms with van der Waals surface area (Å²) in [5, 5.41) is 5.81. The van der Waals surface area contributed by atoms with Gasteiger partial charge in [-0.2, -0.15) is 5.10 Å². The minimum atomic E-state index is 0.557. The minimum absolute atomic E-state index is 0.557. The summed E-state index contributed by atoms with van der Waals surface area (Å²) in [6.45, 7) is 6.16. The highest BCUT2D eigenvalue weighted by atomic mass is 35.5. The zero-order chi connectivity index (χ0) is 15.9. The summed E-state index contributed by atoms with van der Waals surface area (Å²) < 4.78 is 1.97. The standard InChI is InChI=1S/C18H16Cl2N2/c1-11-5-4-6-15(9-11)22-13(3)18(12(2)21-22)14-7-8-16(19)17(20)10-14/h4-10H,1-3H3. The third kappa shape index (κ3) is 2.65. The molecule has 22 heavy (non-hydrogen) atoms. The van der Waals surface area contributed by atoms with Crippen LogP contribution in [0.4, 0.5) is 0 Å². The van der Waals surface area contributed by atoms with Gasteiger partial charge in [-0.05, 0) is 56.2 Å². The molecule has 0 saturated carbocycles. The summed E-state index contributed by atoms with van der Waals surface area (Å²) in [6.07, 6.45) is 0. The largest absolute Gasteiger partial charge is 0.237 e. The van der Waals surface area contributed by atoms with Gasteiger partial charge < -0.3 is 0 Å². The summed E-state index contributed by atoms with van der Waals surface area (Å²) in [6, 6.07) is 14.0. The first-order chi connectivity index (χ1) is 10.5. The molecule has 2 nitrogen and oxygen atoms in total. The van der Waals surface area contributed by atoms with Crippen LogP contribution in [0, 0.1) is 20.8 Å². The monoisotopic (exact) mass is 330 g/mol. The summed E-state index contributed by atoms with van der Waals surface area (Å²) in [4.78, 5) is 0. The van der Waals surface area contributed by atoms with Crippen LogP contribution in [0.5, 0.6) is 0 Å². The van der Waals surface area contributed by atoms with E-state index in [2.05, 4.69) is 32.0 Å². The van der Waals surface area contributed by atoms with Crippen molar-refractivity contribution in [3.63, 3.8) is 0 Å². The number of hydrogen-bond acceptors (Lipinski definition) is 1. The van der Waals surface area contributed by atoms with Gasteiger partial charge in [0.15, 0.2) is 0 Å². The molecule has 0 aliphatic carbocycles. The predicted molar refractivity (Wildman–Crippen MR) is 93.2 cm³/mol. The SMILES string of the molecule is Cc1cccc(-n2nc(C)c(-c3ccc(Cl)c(Cl)c3)c2C)c1. The quantitative estimate of drug-likeness (QED) is 0.583. The van der Waals surface area contributed by atoms with E-state index in [0.717, 1.165) is 28.2 Å². The predicted octanol–water partition coefficient (Wildman–Crippen LogP) is 5.77. The fraction of sp³-hybridized carbons (Fsp3) is 0.167. The number of halogens is 2. The Morgan fingerprint density at radius 2 is 1.68 bits per heavy atom. The third-order valence-corrected chi connectivity index (χ3v) is 4.48. The van der Waals surface area contributed by atoms with Crippen molar-refractivity contribution in [2.45, 2.75) is 20.8 Å². The number of aryl methyl sites for hydroxylation is 2. The maximum Gasteiger partial charge on any atom is 0.0679 e. The molecule has 0 fully saturated rings. The first-order valence-electron chi connectivity index (χ1n) is 7.06. The van der Waals surface area contributed by atoms with Crippen LogP contribution in [0.1, 0.15) is 17.0 Å². The van der Waals surface area contributed by atoms with Crippen molar-refractivity contribution >= 4 is 23.2 Å². The van der Waals surface area contributed by atoms with Crippen molar-refractivity contribution in [2.24, 2.45) is 0 Å². The van der Waals surface area contributed by atoms with Crippen molar-refractivity contribution in [3.05, 3.63) is 69.5 Å². The average Bonchev–Trinajstić information content (AvgIpc) is 2.77. The minimum Gasteiger partial charge on any atom is -0.237 e. The first-order valence-corrected chi connectivity index (χ1v) is 7.81. The molecule has 2 aromatic carbocycles. The fourth-order valence-electron chi connectivity index (χ4n) is 2.72. The smallest absolute Gasteiger partial charge is 0.0679 e. The van der Waals surface area contributed by atoms with Crippen LogP contribution in [0.25, 0.3) is 16.8 Å². The van der Waals surface area contributed by atoms with E-state index in [0.29, 0.717) is 10.0 Å². The van der Waals surface area contributed by atoms with E-state index >= 15 is 0 Å². The molecule has 112 valence electrons. The highest BCUT2D eigenvalue weighted by Crippen LogP contribution is 2.33. The maximum absolute atomic E-state index is 6.15. The lowest BCUT2D eigenvalue weighted by Gasteiger charge is -2.07. The molecule has 1 aromatic heterocycles. The molecule has 0 N–H and O–H groups in total. The molecule has 0 saturated heterocycles. The van der Waals surface area contributed by atoms with E-state index in [-0.39, 0.29) is 0 Å². The lowest BCUT2D eigenvalue weighted by molar-refractivity contribution is 0.833. The number of nitrogens with zero attached hydrogens (tertiary/aromatic N) is 2. The van der Waals surface area contributed by atoms with Gasteiger partial charge in [0.05, 0.1) is 21.4 Å². The van der Waals surface area contributed by atoms with Crippen molar-refractivity contribution in [1.82, 2.24) is 9.78 Å². The van der Waals surface area contributed by atoms with Gasteiger partial charge >= 0.3 is 0 Å². The second-order valence-electron chi connectivity index (χ2n) is 5.43. The molecule has 0 radical (unpaired) electrons. The molecule has 4 heteroatoms. The van der Waals surface area contributed by atoms with E-state index < -0.39 is 0 Å². The van der Waals surface area contributed by atoms with Gasteiger partial charge in [-0.3, -0.25) is 0 Å². The van der Waals surface area contributed by atoms with E-state index in [1.165, 1.54) is 5.56 Å². The van der Waals surface area contributed by atoms with Crippen LogP contribution in [0.2, 0.25) is 10.0 Å². The molecule has 1 heterocycles. The summed E-state index contributed by atoms with van der Waals surface area (Å²) in [7, 11) is 0. The van der Waals surface area contributed by atoms with Crippen molar-refractivity contribution in [2.75, 3.05) is 0 Å². The van der Waals surface area contributed by atoms with Crippen LogP contribution in [0.3, 0.4) is 0 Å². The molecule has 3 aromatic rings. The molecule has 0 amide bonds. The molecule has 0 aliphatic heterocycles. The van der Waals surface area contributed by atoms with Crippen LogP contribution >= 0.6 is 23.2 Å². The van der Waals surface area contributed by atoms with Crippen LogP contribution < -0.4 is 0 Å². The molecule has 0 spiro atoms. The Morgan fingerprint density at radius 3 is 2.36 bits per heavy atom. The normalized spacial score (nSPS) is 11.0. The second-order valence-corrected chi connectivity index (χ2v) is 6.24. The van der Waals surface area contributed by atoms with Gasteiger partial charge in [0.25, 0.3) is 0 Å². The lowest BCUT2D eigenvalue weighted by atomic mass is 10.0. The lowest BCUT2D eigenvalue weighted by Crippen LogP contribution is -1.99. The zero-order valence-electron chi connectivity index (χ0n) is 12.7. The second kappa shape index (κ2) is 5.79. The molecule has 0 atom stereocenters. The summed E-state index contributed by atoms with van der Waals surface area (Å²) in [5.41, 5.74) is 6.45. The van der Waals surface area contributed by atoms with Gasteiger partial charge in [0.1, 0.15) is 0 Å². The Balaban J connectivity index is 2.16. The highest BCUT2D eigenvalue weighted by Gasteiger charge is 2.15. The molecular weight excluding hydrogens is 315 g/mol. The van der Waals surface area contributed by atoms with Gasteiger partial charge in [-0.1, -0.05) is 41.4 Å². The van der Waals surface area contributed by atoms with Gasteiger partial charge in [0, 0.05) is 11.3 Å². The molecule has 0 unspecified atom stereocenters. The Bertz CT molecular complexity index is 850. The van der Waals surface area contributed by atoms with Gasteiger partial charge in [-0.25, -0.2) is 4.68 Å². The number of benzene rings is 2. The van der Waals surface area contributed by atoms with E-state index in [9.17, 15) is 0 Å². The van der Waals surface area contributed by atoms with E-state index in [1.807, 2.05) is 35.9 Å². The highest BCUT2D eigenvalue weighted by molar-refractivity contribution is 6.42. The van der Waals surface area contributed by atoms with E-state index in [1.54, 1.807) is 0 Å². The maximum atomic E-state index is 6.15. The molecule has 0 aliphatic rings. The van der Waals surface area contributed by atoms with Crippen molar-refractivity contribution in [3.8, 4) is 16.8 Å². The van der Waals surface area contributed by atoms with Gasteiger partial charge in [0.2, 0.25) is 0 Å².